The second kappa shape index (κ2) is 7.06. The van der Waals surface area contributed by atoms with Gasteiger partial charge < -0.3 is 9.84 Å². The zero-order valence-electron chi connectivity index (χ0n) is 11.6. The predicted molar refractivity (Wildman–Crippen MR) is 80.0 cm³/mol. The Hall–Kier alpha value is -2.38. The summed E-state index contributed by atoms with van der Waals surface area (Å²) in [6, 6.07) is 14.7. The number of aliphatic carboxylic acids is 1. The number of sulfonamides is 1. The van der Waals surface area contributed by atoms with Crippen molar-refractivity contribution in [3.05, 3.63) is 60.2 Å². The molecule has 0 atom stereocenters. The lowest BCUT2D eigenvalue weighted by Gasteiger charge is -2.08. The molecule has 0 aromatic heterocycles. The number of nitrogens with one attached hydrogen (secondary N) is 1. The van der Waals surface area contributed by atoms with Gasteiger partial charge in [-0.2, -0.15) is 0 Å². The Labute approximate surface area is 128 Å². The van der Waals surface area contributed by atoms with Crippen LogP contribution < -0.4 is 9.46 Å². The summed E-state index contributed by atoms with van der Waals surface area (Å²) < 4.78 is 31.7. The fourth-order valence-electron chi connectivity index (χ4n) is 1.72. The summed E-state index contributed by atoms with van der Waals surface area (Å²) >= 11 is 0. The number of carboxylic acid groups (broad SMARTS) is 1. The molecule has 0 heterocycles. The van der Waals surface area contributed by atoms with Gasteiger partial charge in [0.2, 0.25) is 10.0 Å². The molecule has 0 aliphatic carbocycles. The number of carbonyl (C=O) groups is 1. The van der Waals surface area contributed by atoms with E-state index in [2.05, 4.69) is 4.72 Å². The van der Waals surface area contributed by atoms with Gasteiger partial charge in [0.25, 0.3) is 0 Å². The van der Waals surface area contributed by atoms with Gasteiger partial charge in [-0.25, -0.2) is 17.9 Å². The van der Waals surface area contributed by atoms with Crippen molar-refractivity contribution < 1.29 is 23.1 Å². The highest BCUT2D eigenvalue weighted by Crippen LogP contribution is 2.16. The first-order valence-electron chi connectivity index (χ1n) is 6.45. The van der Waals surface area contributed by atoms with Crippen molar-refractivity contribution in [3.8, 4) is 5.75 Å². The maximum absolute atomic E-state index is 12.1. The van der Waals surface area contributed by atoms with Crippen molar-refractivity contribution in [1.82, 2.24) is 4.72 Å². The van der Waals surface area contributed by atoms with Crippen molar-refractivity contribution in [2.24, 2.45) is 0 Å². The van der Waals surface area contributed by atoms with Gasteiger partial charge in [-0.1, -0.05) is 30.3 Å². The van der Waals surface area contributed by atoms with E-state index in [0.29, 0.717) is 5.75 Å². The fraction of sp³-hybridized carbons (Fsp3) is 0.133. The van der Waals surface area contributed by atoms with Crippen LogP contribution in [-0.4, -0.2) is 26.1 Å². The molecule has 0 fully saturated rings. The van der Waals surface area contributed by atoms with Crippen LogP contribution in [0.15, 0.2) is 59.5 Å². The Morgan fingerprint density at radius 2 is 1.68 bits per heavy atom. The van der Waals surface area contributed by atoms with Gasteiger partial charge in [0, 0.05) is 6.54 Å². The second-order valence-corrected chi connectivity index (χ2v) is 6.23. The number of benzene rings is 2. The summed E-state index contributed by atoms with van der Waals surface area (Å²) in [7, 11) is -3.63. The number of hydrogen-bond donors (Lipinski definition) is 2. The van der Waals surface area contributed by atoms with E-state index in [-0.39, 0.29) is 11.4 Å². The molecule has 2 aromatic carbocycles. The van der Waals surface area contributed by atoms with Crippen molar-refractivity contribution in [1.29, 1.82) is 0 Å². The van der Waals surface area contributed by atoms with Crippen LogP contribution in [0.4, 0.5) is 0 Å². The van der Waals surface area contributed by atoms with Gasteiger partial charge >= 0.3 is 5.97 Å². The fourth-order valence-corrected chi connectivity index (χ4v) is 2.74. The molecule has 7 heteroatoms. The minimum Gasteiger partial charge on any atom is -0.482 e. The third-order valence-electron chi connectivity index (χ3n) is 2.81. The first-order valence-corrected chi connectivity index (χ1v) is 7.94. The molecule has 2 rings (SSSR count). The molecule has 116 valence electrons. The van der Waals surface area contributed by atoms with Gasteiger partial charge in [0.1, 0.15) is 5.75 Å². The van der Waals surface area contributed by atoms with Crippen LogP contribution in [-0.2, 0) is 21.4 Å². The molecule has 0 spiro atoms. The number of carboxylic acids is 1. The molecule has 0 bridgehead atoms. The summed E-state index contributed by atoms with van der Waals surface area (Å²) in [5.41, 5.74) is 0.854. The molecule has 6 nitrogen and oxygen atoms in total. The lowest BCUT2D eigenvalue weighted by molar-refractivity contribution is -0.139. The van der Waals surface area contributed by atoms with Gasteiger partial charge in [-0.3, -0.25) is 0 Å². The van der Waals surface area contributed by atoms with Gasteiger partial charge in [-0.15, -0.1) is 0 Å². The third kappa shape index (κ3) is 4.57. The highest BCUT2D eigenvalue weighted by atomic mass is 32.2. The molecule has 0 aliphatic rings. The van der Waals surface area contributed by atoms with Crippen LogP contribution in [0.2, 0.25) is 0 Å². The molecule has 0 radical (unpaired) electrons. The van der Waals surface area contributed by atoms with E-state index >= 15 is 0 Å². The second-order valence-electron chi connectivity index (χ2n) is 4.46. The van der Waals surface area contributed by atoms with Gasteiger partial charge in [0.05, 0.1) is 4.90 Å². The first kappa shape index (κ1) is 16.0. The largest absolute Gasteiger partial charge is 0.482 e. The van der Waals surface area contributed by atoms with Crippen LogP contribution in [0.3, 0.4) is 0 Å². The zero-order chi connectivity index (χ0) is 16.0. The van der Waals surface area contributed by atoms with Crippen LogP contribution in [0.5, 0.6) is 5.75 Å². The van der Waals surface area contributed by atoms with Crippen LogP contribution >= 0.6 is 0 Å². The van der Waals surface area contributed by atoms with E-state index in [4.69, 9.17) is 9.84 Å². The average molecular weight is 321 g/mol. The quantitative estimate of drug-likeness (QED) is 0.808. The van der Waals surface area contributed by atoms with Gasteiger partial charge in [0.15, 0.2) is 6.61 Å². The SMILES string of the molecule is O=C(O)COc1ccc(S(=O)(=O)NCc2ccccc2)cc1. The number of rotatable bonds is 7. The lowest BCUT2D eigenvalue weighted by Crippen LogP contribution is -2.23. The first-order chi connectivity index (χ1) is 10.5. The van der Waals surface area contributed by atoms with Crippen LogP contribution in [0.1, 0.15) is 5.56 Å². The minimum atomic E-state index is -3.63. The summed E-state index contributed by atoms with van der Waals surface area (Å²) in [5.74, 6) is -0.800. The van der Waals surface area contributed by atoms with Gasteiger partial charge in [-0.05, 0) is 29.8 Å². The van der Waals surface area contributed by atoms with E-state index in [0.717, 1.165) is 5.56 Å². The normalized spacial score (nSPS) is 11.1. The Morgan fingerprint density at radius 3 is 2.27 bits per heavy atom. The molecule has 2 N–H and O–H groups in total. The Bertz CT molecular complexity index is 726. The molecule has 2 aromatic rings. The monoisotopic (exact) mass is 321 g/mol. The predicted octanol–water partition coefficient (Wildman–Crippen LogP) is 1.63. The molecule has 22 heavy (non-hydrogen) atoms. The minimum absolute atomic E-state index is 0.0890. The lowest BCUT2D eigenvalue weighted by atomic mass is 10.2. The van der Waals surface area contributed by atoms with Crippen LogP contribution in [0.25, 0.3) is 0 Å². The average Bonchev–Trinajstić information content (AvgIpc) is 2.52. The van der Waals surface area contributed by atoms with E-state index in [1.165, 1.54) is 24.3 Å². The topological polar surface area (TPSA) is 92.7 Å². The zero-order valence-corrected chi connectivity index (χ0v) is 12.4. The molecule has 0 unspecified atom stereocenters. The van der Waals surface area contributed by atoms with Crippen molar-refractivity contribution in [2.75, 3.05) is 6.61 Å². The molecule has 0 aliphatic heterocycles. The maximum atomic E-state index is 12.1. The summed E-state index contributed by atoms with van der Waals surface area (Å²) in [6.07, 6.45) is 0. The van der Waals surface area contributed by atoms with Crippen LogP contribution in [0, 0.1) is 0 Å². The van der Waals surface area contributed by atoms with Crippen molar-refractivity contribution in [2.45, 2.75) is 11.4 Å². The maximum Gasteiger partial charge on any atom is 0.341 e. The smallest absolute Gasteiger partial charge is 0.341 e. The van der Waals surface area contributed by atoms with E-state index in [1.807, 2.05) is 30.3 Å². The molecular formula is C15H15NO5S. The third-order valence-corrected chi connectivity index (χ3v) is 4.22. The molecule has 0 saturated carbocycles. The molecule has 0 saturated heterocycles. The standard InChI is InChI=1S/C15H15NO5S/c17-15(18)11-21-13-6-8-14(9-7-13)22(19,20)16-10-12-4-2-1-3-5-12/h1-9,16H,10-11H2,(H,17,18). The molecule has 0 amide bonds. The highest BCUT2D eigenvalue weighted by molar-refractivity contribution is 7.89. The summed E-state index contributed by atoms with van der Waals surface area (Å²) in [6.45, 7) is -0.279. The van der Waals surface area contributed by atoms with E-state index < -0.39 is 22.6 Å². The summed E-state index contributed by atoms with van der Waals surface area (Å²) in [5, 5.41) is 8.51. The van der Waals surface area contributed by atoms with E-state index in [9.17, 15) is 13.2 Å². The number of ether oxygens (including phenoxy) is 1. The highest BCUT2D eigenvalue weighted by Gasteiger charge is 2.13. The summed E-state index contributed by atoms with van der Waals surface area (Å²) in [4.78, 5) is 10.5. The van der Waals surface area contributed by atoms with Crippen molar-refractivity contribution >= 4 is 16.0 Å². The van der Waals surface area contributed by atoms with E-state index in [1.54, 1.807) is 0 Å². The Morgan fingerprint density at radius 1 is 1.05 bits per heavy atom. The number of hydrogen-bond acceptors (Lipinski definition) is 4. The Balaban J connectivity index is 2.01. The van der Waals surface area contributed by atoms with Crippen molar-refractivity contribution in [3.63, 3.8) is 0 Å². The Kier molecular flexibility index (Phi) is 5.13. The molecular weight excluding hydrogens is 306 g/mol.